The summed E-state index contributed by atoms with van der Waals surface area (Å²) in [5, 5.41) is 0. The molecule has 0 aliphatic heterocycles. The smallest absolute Gasteiger partial charge is 0.152 e. The Hall–Kier alpha value is -0.370. The molecule has 0 unspecified atom stereocenters. The zero-order chi connectivity index (χ0) is 14.0. The molecule has 0 heterocycles. The third-order valence-electron chi connectivity index (χ3n) is 4.06. The molecule has 2 nitrogen and oxygen atoms in total. The zero-order valence-electron chi connectivity index (χ0n) is 13.2. The SMILES string of the molecule is CCCCCCCCCCC(=O)C(C)(C)N(C)C. The van der Waals surface area contributed by atoms with Gasteiger partial charge in [0.2, 0.25) is 0 Å². The Morgan fingerprint density at radius 1 is 0.889 bits per heavy atom. The zero-order valence-corrected chi connectivity index (χ0v) is 13.2. The Labute approximate surface area is 114 Å². The summed E-state index contributed by atoms with van der Waals surface area (Å²) in [6.07, 6.45) is 11.1. The van der Waals surface area contributed by atoms with Gasteiger partial charge in [-0.3, -0.25) is 9.69 Å². The van der Waals surface area contributed by atoms with Crippen molar-refractivity contribution < 1.29 is 4.79 Å². The van der Waals surface area contributed by atoms with Crippen LogP contribution in [0.2, 0.25) is 0 Å². The average molecular weight is 255 g/mol. The molecule has 0 amide bonds. The van der Waals surface area contributed by atoms with E-state index in [4.69, 9.17) is 0 Å². The first-order chi connectivity index (χ1) is 8.42. The minimum Gasteiger partial charge on any atom is -0.298 e. The maximum atomic E-state index is 12.0. The van der Waals surface area contributed by atoms with Crippen molar-refractivity contribution >= 4 is 5.78 Å². The molecule has 0 spiro atoms. The number of carbonyl (C=O) groups is 1. The Bertz CT molecular complexity index is 221. The van der Waals surface area contributed by atoms with Gasteiger partial charge in [0.1, 0.15) is 0 Å². The van der Waals surface area contributed by atoms with Gasteiger partial charge >= 0.3 is 0 Å². The van der Waals surface area contributed by atoms with Gasteiger partial charge in [0.15, 0.2) is 5.78 Å². The maximum Gasteiger partial charge on any atom is 0.152 e. The summed E-state index contributed by atoms with van der Waals surface area (Å²) in [4.78, 5) is 14.1. The second-order valence-electron chi connectivity index (χ2n) is 6.10. The van der Waals surface area contributed by atoms with Crippen LogP contribution in [0.1, 0.15) is 78.6 Å². The van der Waals surface area contributed by atoms with E-state index in [0.717, 1.165) is 12.8 Å². The van der Waals surface area contributed by atoms with E-state index in [1.807, 2.05) is 32.8 Å². The Morgan fingerprint density at radius 3 is 1.78 bits per heavy atom. The van der Waals surface area contributed by atoms with Gasteiger partial charge in [0.05, 0.1) is 5.54 Å². The van der Waals surface area contributed by atoms with Gasteiger partial charge in [0, 0.05) is 6.42 Å². The molecule has 0 aliphatic carbocycles. The molecule has 0 saturated heterocycles. The number of ketones is 1. The van der Waals surface area contributed by atoms with Crippen LogP contribution >= 0.6 is 0 Å². The fourth-order valence-electron chi connectivity index (χ4n) is 1.97. The van der Waals surface area contributed by atoms with Gasteiger partial charge in [-0.2, -0.15) is 0 Å². The molecule has 0 aromatic rings. The topological polar surface area (TPSA) is 20.3 Å². The van der Waals surface area contributed by atoms with Gasteiger partial charge in [-0.15, -0.1) is 0 Å². The summed E-state index contributed by atoms with van der Waals surface area (Å²) < 4.78 is 0. The van der Waals surface area contributed by atoms with Crippen LogP contribution in [0.15, 0.2) is 0 Å². The van der Waals surface area contributed by atoms with Crippen molar-refractivity contribution in [1.82, 2.24) is 4.90 Å². The lowest BCUT2D eigenvalue weighted by Crippen LogP contribution is -2.45. The highest BCUT2D eigenvalue weighted by Gasteiger charge is 2.28. The van der Waals surface area contributed by atoms with Crippen molar-refractivity contribution in [2.75, 3.05) is 14.1 Å². The first kappa shape index (κ1) is 17.6. The molecule has 2 heteroatoms. The van der Waals surface area contributed by atoms with Gasteiger partial charge in [-0.25, -0.2) is 0 Å². The lowest BCUT2D eigenvalue weighted by molar-refractivity contribution is -0.128. The molecule has 0 aromatic heterocycles. The molecule has 0 atom stereocenters. The quantitative estimate of drug-likeness (QED) is 0.509. The summed E-state index contributed by atoms with van der Waals surface area (Å²) >= 11 is 0. The standard InChI is InChI=1S/C16H33NO/c1-6-7-8-9-10-11-12-13-14-15(18)16(2,3)17(4)5/h6-14H2,1-5H3. The molecule has 0 bridgehead atoms. The molecule has 18 heavy (non-hydrogen) atoms. The third-order valence-corrected chi connectivity index (χ3v) is 4.06. The van der Waals surface area contributed by atoms with E-state index >= 15 is 0 Å². The molecular weight excluding hydrogens is 222 g/mol. The highest BCUT2D eigenvalue weighted by atomic mass is 16.1. The molecule has 0 rings (SSSR count). The summed E-state index contributed by atoms with van der Waals surface area (Å²) in [6, 6.07) is 0. The van der Waals surface area contributed by atoms with E-state index in [1.165, 1.54) is 44.9 Å². The molecular formula is C16H33NO. The molecule has 0 N–H and O–H groups in total. The summed E-state index contributed by atoms with van der Waals surface area (Å²) in [7, 11) is 3.96. The van der Waals surface area contributed by atoms with Crippen molar-refractivity contribution in [1.29, 1.82) is 0 Å². The molecule has 0 fully saturated rings. The van der Waals surface area contributed by atoms with E-state index in [-0.39, 0.29) is 5.54 Å². The second-order valence-corrected chi connectivity index (χ2v) is 6.10. The first-order valence-corrected chi connectivity index (χ1v) is 7.63. The predicted molar refractivity (Wildman–Crippen MR) is 80.0 cm³/mol. The van der Waals surface area contributed by atoms with E-state index in [2.05, 4.69) is 6.92 Å². The summed E-state index contributed by atoms with van der Waals surface area (Å²) in [5.74, 6) is 0.374. The fourth-order valence-corrected chi connectivity index (χ4v) is 1.97. The first-order valence-electron chi connectivity index (χ1n) is 7.63. The van der Waals surface area contributed by atoms with Crippen LogP contribution in [0.5, 0.6) is 0 Å². The molecule has 0 saturated carbocycles. The Morgan fingerprint density at radius 2 is 1.33 bits per heavy atom. The molecule has 0 radical (unpaired) electrons. The van der Waals surface area contributed by atoms with Gasteiger partial charge < -0.3 is 0 Å². The Balaban J connectivity index is 3.52. The van der Waals surface area contributed by atoms with E-state index in [0.29, 0.717) is 5.78 Å². The van der Waals surface area contributed by atoms with Crippen molar-refractivity contribution in [2.45, 2.75) is 84.1 Å². The predicted octanol–water partition coefficient (Wildman–Crippen LogP) is 4.43. The largest absolute Gasteiger partial charge is 0.298 e. The number of nitrogens with zero attached hydrogens (tertiary/aromatic N) is 1. The third kappa shape index (κ3) is 7.15. The van der Waals surface area contributed by atoms with E-state index in [9.17, 15) is 4.79 Å². The number of likely N-dealkylation sites (N-methyl/N-ethyl adjacent to an activating group) is 1. The van der Waals surface area contributed by atoms with E-state index < -0.39 is 0 Å². The van der Waals surface area contributed by atoms with Crippen LogP contribution < -0.4 is 0 Å². The summed E-state index contributed by atoms with van der Waals surface area (Å²) in [5.41, 5.74) is -0.304. The van der Waals surface area contributed by atoms with E-state index in [1.54, 1.807) is 0 Å². The fraction of sp³-hybridized carbons (Fsp3) is 0.938. The Kier molecular flexibility index (Phi) is 9.35. The number of rotatable bonds is 11. The number of unbranched alkanes of at least 4 members (excludes halogenated alkanes) is 7. The maximum absolute atomic E-state index is 12.0. The van der Waals surface area contributed by atoms with Gasteiger partial charge in [-0.05, 0) is 34.4 Å². The average Bonchev–Trinajstić information content (AvgIpc) is 2.32. The molecule has 0 aliphatic rings. The minimum absolute atomic E-state index is 0.304. The lowest BCUT2D eigenvalue weighted by Gasteiger charge is -2.30. The lowest BCUT2D eigenvalue weighted by atomic mass is 9.93. The van der Waals surface area contributed by atoms with Crippen LogP contribution in [0.3, 0.4) is 0 Å². The number of carbonyl (C=O) groups excluding carboxylic acids is 1. The van der Waals surface area contributed by atoms with Gasteiger partial charge in [-0.1, -0.05) is 51.9 Å². The van der Waals surface area contributed by atoms with Crippen LogP contribution in [0.4, 0.5) is 0 Å². The number of Topliss-reactive ketones (excluding diaryl/α,β-unsaturated/α-hetero) is 1. The van der Waals surface area contributed by atoms with Crippen LogP contribution in [0, 0.1) is 0 Å². The highest BCUT2D eigenvalue weighted by molar-refractivity contribution is 5.87. The van der Waals surface area contributed by atoms with Crippen LogP contribution in [0.25, 0.3) is 0 Å². The minimum atomic E-state index is -0.304. The second kappa shape index (κ2) is 9.55. The van der Waals surface area contributed by atoms with Crippen molar-refractivity contribution in [3.63, 3.8) is 0 Å². The number of hydrogen-bond acceptors (Lipinski definition) is 2. The number of hydrogen-bond donors (Lipinski definition) is 0. The monoisotopic (exact) mass is 255 g/mol. The molecule has 108 valence electrons. The molecule has 0 aromatic carbocycles. The van der Waals surface area contributed by atoms with Crippen molar-refractivity contribution in [2.24, 2.45) is 0 Å². The van der Waals surface area contributed by atoms with Crippen LogP contribution in [-0.2, 0) is 4.79 Å². The summed E-state index contributed by atoms with van der Waals surface area (Å²) in [6.45, 7) is 6.28. The highest BCUT2D eigenvalue weighted by Crippen LogP contribution is 2.16. The van der Waals surface area contributed by atoms with Crippen molar-refractivity contribution in [3.8, 4) is 0 Å². The normalized spacial score (nSPS) is 12.1. The van der Waals surface area contributed by atoms with Gasteiger partial charge in [0.25, 0.3) is 0 Å². The van der Waals surface area contributed by atoms with Crippen molar-refractivity contribution in [3.05, 3.63) is 0 Å². The van der Waals surface area contributed by atoms with Crippen LogP contribution in [-0.4, -0.2) is 30.3 Å².